The van der Waals surface area contributed by atoms with Crippen LogP contribution in [0, 0.1) is 11.3 Å². The Morgan fingerprint density at radius 2 is 2.24 bits per heavy atom. The zero-order valence-corrected chi connectivity index (χ0v) is 11.4. The second kappa shape index (κ2) is 5.59. The summed E-state index contributed by atoms with van der Waals surface area (Å²) in [6.07, 6.45) is 4.22. The molecule has 0 bridgehead atoms. The van der Waals surface area contributed by atoms with Crippen LogP contribution >= 0.6 is 0 Å². The third kappa shape index (κ3) is 2.67. The zero-order chi connectivity index (χ0) is 14.7. The minimum Gasteiger partial charge on any atom is -0.368 e. The van der Waals surface area contributed by atoms with Gasteiger partial charge in [0.15, 0.2) is 0 Å². The number of benzene rings is 1. The number of anilines is 2. The van der Waals surface area contributed by atoms with Crippen molar-refractivity contribution in [2.45, 2.75) is 6.42 Å². The van der Waals surface area contributed by atoms with Gasteiger partial charge in [-0.25, -0.2) is 4.98 Å². The summed E-state index contributed by atoms with van der Waals surface area (Å²) in [5.41, 5.74) is 8.80. The summed E-state index contributed by atoms with van der Waals surface area (Å²) in [5.74, 6) is 0.881. The quantitative estimate of drug-likeness (QED) is 0.833. The molecule has 0 saturated heterocycles. The van der Waals surface area contributed by atoms with Crippen molar-refractivity contribution in [3.63, 3.8) is 0 Å². The molecule has 1 aromatic carbocycles. The van der Waals surface area contributed by atoms with Gasteiger partial charge in [-0.15, -0.1) is 0 Å². The van der Waals surface area contributed by atoms with Gasteiger partial charge < -0.3 is 11.1 Å². The number of hydrogen-bond acceptors (Lipinski definition) is 6. The van der Waals surface area contributed by atoms with E-state index in [0.29, 0.717) is 25.3 Å². The zero-order valence-electron chi connectivity index (χ0n) is 11.4. The SMILES string of the molecule is N#CCCNc1nc(N)nc2cc(C3=CC=NC3)ccc12. The van der Waals surface area contributed by atoms with Crippen LogP contribution in [0.1, 0.15) is 12.0 Å². The number of nitriles is 1. The van der Waals surface area contributed by atoms with Gasteiger partial charge in [0.05, 0.1) is 24.6 Å². The first kappa shape index (κ1) is 13.1. The van der Waals surface area contributed by atoms with Crippen LogP contribution in [0.2, 0.25) is 0 Å². The van der Waals surface area contributed by atoms with E-state index in [4.69, 9.17) is 11.0 Å². The van der Waals surface area contributed by atoms with E-state index in [9.17, 15) is 0 Å². The van der Waals surface area contributed by atoms with E-state index in [-0.39, 0.29) is 5.95 Å². The van der Waals surface area contributed by atoms with E-state index in [1.54, 1.807) is 0 Å². The van der Waals surface area contributed by atoms with Crippen LogP contribution in [0.5, 0.6) is 0 Å². The van der Waals surface area contributed by atoms with Gasteiger partial charge in [-0.1, -0.05) is 6.07 Å². The number of hydrogen-bond donors (Lipinski definition) is 2. The highest BCUT2D eigenvalue weighted by Crippen LogP contribution is 2.26. The van der Waals surface area contributed by atoms with Crippen molar-refractivity contribution in [2.24, 2.45) is 4.99 Å². The lowest BCUT2D eigenvalue weighted by Crippen LogP contribution is -2.06. The molecule has 0 atom stereocenters. The number of nitrogen functional groups attached to an aromatic ring is 1. The predicted molar refractivity (Wildman–Crippen MR) is 84.0 cm³/mol. The van der Waals surface area contributed by atoms with Crippen LogP contribution in [-0.2, 0) is 0 Å². The molecule has 0 radical (unpaired) electrons. The number of nitrogens with zero attached hydrogens (tertiary/aromatic N) is 4. The van der Waals surface area contributed by atoms with Gasteiger partial charge in [0.2, 0.25) is 5.95 Å². The number of aromatic nitrogens is 2. The lowest BCUT2D eigenvalue weighted by atomic mass is 10.0. The molecule has 21 heavy (non-hydrogen) atoms. The summed E-state index contributed by atoms with van der Waals surface area (Å²) in [7, 11) is 0. The number of allylic oxidation sites excluding steroid dienone is 1. The number of fused-ring (bicyclic) bond motifs is 1. The Bertz CT molecular complexity index is 785. The first-order valence-corrected chi connectivity index (χ1v) is 6.65. The monoisotopic (exact) mass is 278 g/mol. The van der Waals surface area contributed by atoms with Gasteiger partial charge >= 0.3 is 0 Å². The van der Waals surface area contributed by atoms with Crippen LogP contribution in [0.25, 0.3) is 16.5 Å². The highest BCUT2D eigenvalue weighted by Gasteiger charge is 2.09. The second-order valence-corrected chi connectivity index (χ2v) is 4.68. The summed E-state index contributed by atoms with van der Waals surface area (Å²) >= 11 is 0. The first-order valence-electron chi connectivity index (χ1n) is 6.65. The van der Waals surface area contributed by atoms with Gasteiger partial charge in [0.1, 0.15) is 5.82 Å². The van der Waals surface area contributed by atoms with Crippen molar-refractivity contribution in [1.29, 1.82) is 5.26 Å². The smallest absolute Gasteiger partial charge is 0.222 e. The van der Waals surface area contributed by atoms with E-state index < -0.39 is 0 Å². The van der Waals surface area contributed by atoms with Crippen molar-refractivity contribution >= 4 is 34.5 Å². The van der Waals surface area contributed by atoms with Crippen LogP contribution in [0.15, 0.2) is 29.3 Å². The molecular weight excluding hydrogens is 264 g/mol. The Morgan fingerprint density at radius 1 is 1.33 bits per heavy atom. The Balaban J connectivity index is 2.00. The lowest BCUT2D eigenvalue weighted by molar-refractivity contribution is 1.06. The molecular formula is C15H14N6. The molecule has 3 rings (SSSR count). The van der Waals surface area contributed by atoms with Gasteiger partial charge in [0.25, 0.3) is 0 Å². The molecule has 3 N–H and O–H groups in total. The number of rotatable bonds is 4. The molecule has 1 aliphatic rings. The first-order chi connectivity index (χ1) is 10.3. The van der Waals surface area contributed by atoms with E-state index in [1.165, 1.54) is 0 Å². The molecule has 0 fully saturated rings. The largest absolute Gasteiger partial charge is 0.368 e. The van der Waals surface area contributed by atoms with Crippen LogP contribution in [0.3, 0.4) is 0 Å². The average Bonchev–Trinajstić information content (AvgIpc) is 3.01. The van der Waals surface area contributed by atoms with E-state index in [1.807, 2.05) is 30.5 Å². The fraction of sp³-hybridized carbons (Fsp3) is 0.200. The normalized spacial score (nSPS) is 13.2. The van der Waals surface area contributed by atoms with Gasteiger partial charge in [-0.3, -0.25) is 4.99 Å². The average molecular weight is 278 g/mol. The van der Waals surface area contributed by atoms with Crippen LogP contribution in [0.4, 0.5) is 11.8 Å². The maximum atomic E-state index is 8.60. The summed E-state index contributed by atoms with van der Waals surface area (Å²) in [6.45, 7) is 1.22. The molecule has 0 saturated carbocycles. The van der Waals surface area contributed by atoms with E-state index >= 15 is 0 Å². The summed E-state index contributed by atoms with van der Waals surface area (Å²) < 4.78 is 0. The summed E-state index contributed by atoms with van der Waals surface area (Å²) in [6, 6.07) is 8.07. The number of aliphatic imine (C=N–C) groups is 1. The predicted octanol–water partition coefficient (Wildman–Crippen LogP) is 2.01. The Labute approximate surface area is 122 Å². The van der Waals surface area contributed by atoms with Gasteiger partial charge in [-0.2, -0.15) is 10.2 Å². The third-order valence-corrected chi connectivity index (χ3v) is 3.26. The molecule has 0 amide bonds. The van der Waals surface area contributed by atoms with Crippen molar-refractivity contribution in [1.82, 2.24) is 9.97 Å². The molecule has 104 valence electrons. The van der Waals surface area contributed by atoms with Crippen molar-refractivity contribution in [3.05, 3.63) is 29.8 Å². The number of nitrogens with one attached hydrogen (secondary N) is 1. The van der Waals surface area contributed by atoms with Crippen molar-refractivity contribution in [3.8, 4) is 6.07 Å². The molecule has 0 spiro atoms. The topological polar surface area (TPSA) is 100.0 Å². The third-order valence-electron chi connectivity index (χ3n) is 3.26. The van der Waals surface area contributed by atoms with Crippen molar-refractivity contribution in [2.75, 3.05) is 24.1 Å². The second-order valence-electron chi connectivity index (χ2n) is 4.68. The summed E-state index contributed by atoms with van der Waals surface area (Å²) in [5, 5.41) is 12.6. The fourth-order valence-electron chi connectivity index (χ4n) is 2.25. The molecule has 1 aromatic heterocycles. The highest BCUT2D eigenvalue weighted by atomic mass is 15.1. The Hall–Kier alpha value is -2.94. The minimum absolute atomic E-state index is 0.218. The molecule has 2 aromatic rings. The minimum atomic E-state index is 0.218. The van der Waals surface area contributed by atoms with Crippen LogP contribution < -0.4 is 11.1 Å². The molecule has 0 aliphatic carbocycles. The Kier molecular flexibility index (Phi) is 3.48. The van der Waals surface area contributed by atoms with Gasteiger partial charge in [0, 0.05) is 18.1 Å². The highest BCUT2D eigenvalue weighted by molar-refractivity contribution is 5.95. The maximum Gasteiger partial charge on any atom is 0.222 e. The van der Waals surface area contributed by atoms with E-state index in [2.05, 4.69) is 26.3 Å². The van der Waals surface area contributed by atoms with Crippen molar-refractivity contribution < 1.29 is 0 Å². The van der Waals surface area contributed by atoms with Gasteiger partial charge in [-0.05, 0) is 29.3 Å². The Morgan fingerprint density at radius 3 is 3.00 bits per heavy atom. The summed E-state index contributed by atoms with van der Waals surface area (Å²) in [4.78, 5) is 12.7. The lowest BCUT2D eigenvalue weighted by Gasteiger charge is -2.09. The molecule has 6 nitrogen and oxygen atoms in total. The van der Waals surface area contributed by atoms with Crippen LogP contribution in [-0.4, -0.2) is 29.3 Å². The van der Waals surface area contributed by atoms with E-state index in [0.717, 1.165) is 22.0 Å². The fourth-order valence-corrected chi connectivity index (χ4v) is 2.25. The molecule has 2 heterocycles. The maximum absolute atomic E-state index is 8.60. The standard InChI is InChI=1S/C15H14N6/c16-5-1-6-19-14-12-3-2-10(11-4-7-18-9-11)8-13(12)20-15(17)21-14/h2-4,7-8H,1,6,9H2,(H3,17,19,20,21). The molecule has 0 unspecified atom stereocenters. The molecule has 1 aliphatic heterocycles. The number of nitrogens with two attached hydrogens (primary N) is 1. The molecule has 6 heteroatoms.